The summed E-state index contributed by atoms with van der Waals surface area (Å²) in [5.41, 5.74) is 3.48. The number of amides is 1. The number of methoxy groups -OCH3 is 1. The number of aliphatic imine (C=N–C) groups is 3. The Kier molecular flexibility index (Phi) is 7.63. The van der Waals surface area contributed by atoms with E-state index in [1.807, 2.05) is 6.07 Å². The van der Waals surface area contributed by atoms with Crippen molar-refractivity contribution >= 4 is 34.8 Å². The van der Waals surface area contributed by atoms with Crippen LogP contribution >= 0.6 is 0 Å². The molecule has 2 aliphatic rings. The van der Waals surface area contributed by atoms with Gasteiger partial charge in [0.05, 0.1) is 20.2 Å². The molecule has 0 bridgehead atoms. The van der Waals surface area contributed by atoms with Gasteiger partial charge in [-0.15, -0.1) is 0 Å². The smallest absolute Gasteiger partial charge is 0.313 e. The minimum atomic E-state index is -0.0938. The van der Waals surface area contributed by atoms with Crippen LogP contribution < -0.4 is 0 Å². The largest absolute Gasteiger partial charge is 0.508 e. The van der Waals surface area contributed by atoms with Gasteiger partial charge in [-0.3, -0.25) is 9.79 Å². The van der Waals surface area contributed by atoms with E-state index in [9.17, 15) is 9.90 Å². The molecule has 0 aliphatic carbocycles. The van der Waals surface area contributed by atoms with Crippen LogP contribution in [0.4, 0.5) is 0 Å². The van der Waals surface area contributed by atoms with Gasteiger partial charge in [0, 0.05) is 43.5 Å². The van der Waals surface area contributed by atoms with Crippen molar-refractivity contribution in [3.63, 3.8) is 0 Å². The fourth-order valence-corrected chi connectivity index (χ4v) is 4.54. The Morgan fingerprint density at radius 2 is 1.92 bits per heavy atom. The first kappa shape index (κ1) is 24.9. The zero-order valence-electron chi connectivity index (χ0n) is 20.8. The lowest BCUT2D eigenvalue weighted by atomic mass is 10.00. The van der Waals surface area contributed by atoms with Crippen molar-refractivity contribution in [2.24, 2.45) is 15.0 Å². The number of ether oxygens (including phenoxy) is 1. The lowest BCUT2D eigenvalue weighted by Crippen LogP contribution is -2.51. The minimum absolute atomic E-state index is 0.0910. The highest BCUT2D eigenvalue weighted by molar-refractivity contribution is 6.19. The molecule has 0 aromatic heterocycles. The first-order valence-electron chi connectivity index (χ1n) is 11.8. The summed E-state index contributed by atoms with van der Waals surface area (Å²) in [6, 6.07) is 12.7. The number of amidine groups is 2. The normalized spacial score (nSPS) is 16.6. The molecule has 0 atom stereocenters. The summed E-state index contributed by atoms with van der Waals surface area (Å²) in [6.07, 6.45) is 3.07. The van der Waals surface area contributed by atoms with Crippen LogP contribution in [0.2, 0.25) is 0 Å². The van der Waals surface area contributed by atoms with E-state index >= 15 is 0 Å². The number of aliphatic hydroxyl groups is 1. The van der Waals surface area contributed by atoms with E-state index in [4.69, 9.17) is 9.73 Å². The molecular formula is C28H31N5O3. The predicted molar refractivity (Wildman–Crippen MR) is 145 cm³/mol. The van der Waals surface area contributed by atoms with Crippen LogP contribution in [0.1, 0.15) is 11.1 Å². The number of hydrogen-bond acceptors (Lipinski definition) is 7. The number of benzene rings is 2. The summed E-state index contributed by atoms with van der Waals surface area (Å²) < 4.78 is 5.36. The van der Waals surface area contributed by atoms with Gasteiger partial charge in [0.15, 0.2) is 0 Å². The predicted octanol–water partition coefficient (Wildman–Crippen LogP) is 3.83. The fourth-order valence-electron chi connectivity index (χ4n) is 4.54. The maximum absolute atomic E-state index is 12.0. The van der Waals surface area contributed by atoms with Crippen molar-refractivity contribution in [3.05, 3.63) is 83.7 Å². The van der Waals surface area contributed by atoms with E-state index in [0.29, 0.717) is 49.7 Å². The quantitative estimate of drug-likeness (QED) is 0.396. The monoisotopic (exact) mass is 485 g/mol. The number of piperazine rings is 1. The summed E-state index contributed by atoms with van der Waals surface area (Å²) in [5, 5.41) is 12.8. The highest BCUT2D eigenvalue weighted by Gasteiger charge is 2.27. The lowest BCUT2D eigenvalue weighted by molar-refractivity contribution is -0.127. The van der Waals surface area contributed by atoms with Gasteiger partial charge in [-0.25, -0.2) is 4.99 Å². The molecule has 1 amide bonds. The third-order valence-corrected chi connectivity index (χ3v) is 6.42. The first-order chi connectivity index (χ1) is 17.4. The maximum atomic E-state index is 12.0. The Morgan fingerprint density at radius 3 is 2.58 bits per heavy atom. The number of carbonyl (C=O) groups is 1. The van der Waals surface area contributed by atoms with Crippen molar-refractivity contribution in [1.29, 1.82) is 0 Å². The molecule has 2 aromatic rings. The Bertz CT molecular complexity index is 1310. The van der Waals surface area contributed by atoms with E-state index in [2.05, 4.69) is 65.3 Å². The van der Waals surface area contributed by atoms with Crippen molar-refractivity contribution in [2.75, 3.05) is 39.8 Å². The van der Waals surface area contributed by atoms with Crippen molar-refractivity contribution in [3.8, 4) is 0 Å². The molecule has 1 N–H and O–H groups in total. The molecule has 8 nitrogen and oxygen atoms in total. The molecule has 0 saturated carbocycles. The number of nitrogens with zero attached hydrogens (tertiary/aromatic N) is 5. The van der Waals surface area contributed by atoms with E-state index in [0.717, 1.165) is 5.56 Å². The third kappa shape index (κ3) is 5.22. The third-order valence-electron chi connectivity index (χ3n) is 6.42. The van der Waals surface area contributed by atoms with Crippen molar-refractivity contribution in [1.82, 2.24) is 9.80 Å². The topological polar surface area (TPSA) is 90.1 Å². The van der Waals surface area contributed by atoms with E-state index in [1.165, 1.54) is 29.5 Å². The molecule has 2 heterocycles. The number of fused-ring (bicyclic) bond motifs is 1. The van der Waals surface area contributed by atoms with Crippen LogP contribution in [0.5, 0.6) is 0 Å². The van der Waals surface area contributed by atoms with Gasteiger partial charge < -0.3 is 19.6 Å². The standard InChI is InChI=1S/C28H31N5O3/c1-5-25(35)32-12-14-33(15-13-32)27-24(23(20(3)34)18-30-28(31-27)36-4)17-29-16-22-11-7-10-21-9-6-8-19(2)26(21)22/h5-11,17,34H,1,3,12-16,18H2,2,4H3/b29-17-. The second-order valence-electron chi connectivity index (χ2n) is 8.65. The second-order valence-corrected chi connectivity index (χ2v) is 8.65. The number of aryl methyl sites for hydroxylation is 1. The van der Waals surface area contributed by atoms with Gasteiger partial charge in [-0.05, 0) is 34.9 Å². The fraction of sp³-hybridized carbons (Fsp3) is 0.286. The number of carbonyl (C=O) groups excluding carboxylic acids is 1. The molecule has 8 heteroatoms. The number of hydrogen-bond donors (Lipinski definition) is 1. The average Bonchev–Trinajstić information content (AvgIpc) is 3.08. The molecule has 0 radical (unpaired) electrons. The molecule has 1 saturated heterocycles. The number of aliphatic hydroxyl groups excluding tert-OH is 1. The molecule has 0 spiro atoms. The van der Waals surface area contributed by atoms with E-state index in [1.54, 1.807) is 11.1 Å². The lowest BCUT2D eigenvalue weighted by Gasteiger charge is -2.36. The SMILES string of the molecule is C=CC(=O)N1CCN(C2=NC(OC)=NCC(C(=C)O)=C2/C=N\Cc2cccc3cccc(C)c23)CC1. The summed E-state index contributed by atoms with van der Waals surface area (Å²) in [4.78, 5) is 29.7. The van der Waals surface area contributed by atoms with Crippen molar-refractivity contribution < 1.29 is 14.6 Å². The van der Waals surface area contributed by atoms with Gasteiger partial charge in [0.2, 0.25) is 5.91 Å². The van der Waals surface area contributed by atoms with Gasteiger partial charge >= 0.3 is 6.02 Å². The molecule has 4 rings (SSSR count). The van der Waals surface area contributed by atoms with Crippen LogP contribution in [-0.4, -0.2) is 78.7 Å². The molecule has 1 fully saturated rings. The zero-order chi connectivity index (χ0) is 25.7. The van der Waals surface area contributed by atoms with Crippen LogP contribution in [0.25, 0.3) is 10.8 Å². The number of rotatable bonds is 5. The maximum Gasteiger partial charge on any atom is 0.313 e. The van der Waals surface area contributed by atoms with Crippen LogP contribution in [-0.2, 0) is 16.1 Å². The Balaban J connectivity index is 1.67. The van der Waals surface area contributed by atoms with Gasteiger partial charge in [-0.1, -0.05) is 49.6 Å². The van der Waals surface area contributed by atoms with Crippen LogP contribution in [0, 0.1) is 6.92 Å². The van der Waals surface area contributed by atoms with Crippen molar-refractivity contribution in [2.45, 2.75) is 13.5 Å². The Morgan fingerprint density at radius 1 is 1.19 bits per heavy atom. The first-order valence-corrected chi connectivity index (χ1v) is 11.8. The van der Waals surface area contributed by atoms with Crippen LogP contribution in [0.3, 0.4) is 0 Å². The van der Waals surface area contributed by atoms with Gasteiger partial charge in [0.1, 0.15) is 11.6 Å². The zero-order valence-corrected chi connectivity index (χ0v) is 20.8. The Hall–Kier alpha value is -4.20. The summed E-state index contributed by atoms with van der Waals surface area (Å²) in [7, 11) is 1.51. The van der Waals surface area contributed by atoms with E-state index < -0.39 is 0 Å². The Labute approximate surface area is 211 Å². The molecule has 2 aromatic carbocycles. The molecular weight excluding hydrogens is 454 g/mol. The summed E-state index contributed by atoms with van der Waals surface area (Å²) >= 11 is 0. The van der Waals surface area contributed by atoms with E-state index in [-0.39, 0.29) is 24.2 Å². The molecule has 0 unspecified atom stereocenters. The highest BCUT2D eigenvalue weighted by Crippen LogP contribution is 2.24. The average molecular weight is 486 g/mol. The molecule has 186 valence electrons. The highest BCUT2D eigenvalue weighted by atomic mass is 16.5. The minimum Gasteiger partial charge on any atom is -0.508 e. The molecule has 36 heavy (non-hydrogen) atoms. The van der Waals surface area contributed by atoms with Gasteiger partial charge in [0.25, 0.3) is 0 Å². The molecule has 2 aliphatic heterocycles. The van der Waals surface area contributed by atoms with Crippen LogP contribution in [0.15, 0.2) is 87.5 Å². The summed E-state index contributed by atoms with van der Waals surface area (Å²) in [6.45, 7) is 12.2. The van der Waals surface area contributed by atoms with Gasteiger partial charge in [-0.2, -0.15) is 4.99 Å². The second kappa shape index (κ2) is 11.0. The summed E-state index contributed by atoms with van der Waals surface area (Å²) in [5.74, 6) is 0.400.